The smallest absolute Gasteiger partial charge is 0.326 e. The van der Waals surface area contributed by atoms with E-state index in [9.17, 15) is 30.1 Å². The largest absolute Gasteiger partial charge is 0.480 e. The van der Waals surface area contributed by atoms with Gasteiger partial charge in [-0.2, -0.15) is 0 Å². The van der Waals surface area contributed by atoms with E-state index in [2.05, 4.69) is 12.2 Å². The third kappa shape index (κ3) is 7.04. The maximum atomic E-state index is 11.4. The van der Waals surface area contributed by atoms with Gasteiger partial charge in [-0.15, -0.1) is 0 Å². The SMILES string of the molecule is CCCCCCCCCC(Nc1ccc([N+](=O)[O-])cc1[N+](=O)[O-])C(=O)O. The van der Waals surface area contributed by atoms with Crippen LogP contribution in [0.15, 0.2) is 18.2 Å². The first kappa shape index (κ1) is 21.3. The number of nitrogens with one attached hydrogen (secondary N) is 1. The van der Waals surface area contributed by atoms with Crippen molar-refractivity contribution in [2.75, 3.05) is 5.32 Å². The Morgan fingerprint density at radius 3 is 2.23 bits per heavy atom. The van der Waals surface area contributed by atoms with E-state index in [1.807, 2.05) is 0 Å². The minimum atomic E-state index is -1.11. The lowest BCUT2D eigenvalue weighted by atomic mass is 10.0. The van der Waals surface area contributed by atoms with Crippen LogP contribution in [-0.2, 0) is 4.79 Å². The number of rotatable bonds is 13. The fourth-order valence-electron chi connectivity index (χ4n) is 2.66. The topological polar surface area (TPSA) is 136 Å². The summed E-state index contributed by atoms with van der Waals surface area (Å²) in [6.07, 6.45) is 7.61. The molecule has 1 unspecified atom stereocenters. The van der Waals surface area contributed by atoms with Crippen molar-refractivity contribution in [2.45, 2.75) is 64.3 Å². The number of nitro groups is 2. The average Bonchev–Trinajstić information content (AvgIpc) is 2.59. The fourth-order valence-corrected chi connectivity index (χ4v) is 2.66. The number of non-ortho nitro benzene ring substituents is 1. The van der Waals surface area contributed by atoms with Gasteiger partial charge in [0.25, 0.3) is 11.4 Å². The zero-order valence-electron chi connectivity index (χ0n) is 14.8. The second kappa shape index (κ2) is 11.0. The van der Waals surface area contributed by atoms with Crippen molar-refractivity contribution in [2.24, 2.45) is 0 Å². The monoisotopic (exact) mass is 367 g/mol. The quantitative estimate of drug-likeness (QED) is 0.297. The van der Waals surface area contributed by atoms with Gasteiger partial charge in [0.15, 0.2) is 0 Å². The summed E-state index contributed by atoms with van der Waals surface area (Å²) in [6, 6.07) is 2.14. The zero-order chi connectivity index (χ0) is 19.5. The molecule has 0 aliphatic rings. The molecule has 1 aromatic rings. The van der Waals surface area contributed by atoms with Crippen LogP contribution in [0.5, 0.6) is 0 Å². The minimum Gasteiger partial charge on any atom is -0.480 e. The van der Waals surface area contributed by atoms with E-state index < -0.39 is 33.2 Å². The van der Waals surface area contributed by atoms with Crippen molar-refractivity contribution in [3.63, 3.8) is 0 Å². The molecule has 26 heavy (non-hydrogen) atoms. The van der Waals surface area contributed by atoms with E-state index in [-0.39, 0.29) is 5.69 Å². The standard InChI is InChI=1S/C17H25N3O6/c1-2-3-4-5-6-7-8-9-15(17(21)22)18-14-11-10-13(19(23)24)12-16(14)20(25)26/h10-12,15,18H,2-9H2,1H3,(H,21,22). The summed E-state index contributed by atoms with van der Waals surface area (Å²) < 4.78 is 0. The first-order valence-electron chi connectivity index (χ1n) is 8.79. The number of carboxylic acid groups (broad SMARTS) is 1. The lowest BCUT2D eigenvalue weighted by Crippen LogP contribution is -2.29. The molecule has 1 aromatic carbocycles. The lowest BCUT2D eigenvalue weighted by Gasteiger charge is -2.15. The van der Waals surface area contributed by atoms with E-state index in [0.717, 1.165) is 31.4 Å². The number of hydrogen-bond donors (Lipinski definition) is 2. The molecular formula is C17H25N3O6. The van der Waals surface area contributed by atoms with Crippen LogP contribution in [0.25, 0.3) is 0 Å². The molecule has 0 amide bonds. The highest BCUT2D eigenvalue weighted by molar-refractivity contribution is 5.79. The summed E-state index contributed by atoms with van der Waals surface area (Å²) in [5, 5.41) is 33.9. The van der Waals surface area contributed by atoms with Crippen molar-refractivity contribution in [3.8, 4) is 0 Å². The molecule has 9 nitrogen and oxygen atoms in total. The van der Waals surface area contributed by atoms with E-state index in [0.29, 0.717) is 12.8 Å². The predicted octanol–water partition coefficient (Wildman–Crippen LogP) is 4.51. The number of carboxylic acids is 1. The van der Waals surface area contributed by atoms with Gasteiger partial charge in [-0.05, 0) is 12.5 Å². The van der Waals surface area contributed by atoms with Crippen LogP contribution in [-0.4, -0.2) is 27.0 Å². The molecule has 144 valence electrons. The summed E-state index contributed by atoms with van der Waals surface area (Å²) in [6.45, 7) is 2.14. The second-order valence-electron chi connectivity index (χ2n) is 6.16. The van der Waals surface area contributed by atoms with E-state index in [1.165, 1.54) is 25.3 Å². The summed E-state index contributed by atoms with van der Waals surface area (Å²) in [5.41, 5.74) is -0.956. The molecule has 0 bridgehead atoms. The van der Waals surface area contributed by atoms with E-state index in [1.54, 1.807) is 0 Å². The van der Waals surface area contributed by atoms with Gasteiger partial charge in [-0.25, -0.2) is 4.79 Å². The van der Waals surface area contributed by atoms with E-state index in [4.69, 9.17) is 0 Å². The van der Waals surface area contributed by atoms with Crippen molar-refractivity contribution < 1.29 is 19.7 Å². The Bertz CT molecular complexity index is 635. The van der Waals surface area contributed by atoms with Crippen LogP contribution in [0, 0.1) is 20.2 Å². The van der Waals surface area contributed by atoms with Gasteiger partial charge in [-0.1, -0.05) is 51.9 Å². The zero-order valence-corrected chi connectivity index (χ0v) is 14.8. The Hall–Kier alpha value is -2.71. The molecule has 0 heterocycles. The van der Waals surface area contributed by atoms with Gasteiger partial charge in [0.05, 0.1) is 15.9 Å². The number of nitrogens with zero attached hydrogens (tertiary/aromatic N) is 2. The summed E-state index contributed by atoms with van der Waals surface area (Å²) in [7, 11) is 0. The number of carbonyl (C=O) groups is 1. The van der Waals surface area contributed by atoms with Gasteiger partial charge in [0.2, 0.25) is 0 Å². The number of unbranched alkanes of at least 4 members (excludes halogenated alkanes) is 6. The number of aliphatic carboxylic acids is 1. The fraction of sp³-hybridized carbons (Fsp3) is 0.588. The third-order valence-electron chi connectivity index (χ3n) is 4.11. The Morgan fingerprint density at radius 1 is 1.08 bits per heavy atom. The number of nitro benzene ring substituents is 2. The van der Waals surface area contributed by atoms with Crippen LogP contribution < -0.4 is 5.32 Å². The molecule has 0 saturated carbocycles. The summed E-state index contributed by atoms with van der Waals surface area (Å²) >= 11 is 0. The van der Waals surface area contributed by atoms with Gasteiger partial charge >= 0.3 is 5.97 Å². The van der Waals surface area contributed by atoms with Crippen molar-refractivity contribution >= 4 is 23.0 Å². The molecule has 0 spiro atoms. The predicted molar refractivity (Wildman–Crippen MR) is 97.4 cm³/mol. The highest BCUT2D eigenvalue weighted by Crippen LogP contribution is 2.30. The molecular weight excluding hydrogens is 342 g/mol. The molecule has 1 rings (SSSR count). The molecule has 0 aliphatic heterocycles. The first-order valence-corrected chi connectivity index (χ1v) is 8.79. The molecule has 1 atom stereocenters. The van der Waals surface area contributed by atoms with Crippen molar-refractivity contribution in [1.82, 2.24) is 0 Å². The number of anilines is 1. The maximum Gasteiger partial charge on any atom is 0.326 e. The van der Waals surface area contributed by atoms with Gasteiger partial charge in [-0.3, -0.25) is 20.2 Å². The Kier molecular flexibility index (Phi) is 9.04. The highest BCUT2D eigenvalue weighted by Gasteiger charge is 2.24. The first-order chi connectivity index (χ1) is 12.4. The van der Waals surface area contributed by atoms with Crippen LogP contribution in [0.4, 0.5) is 17.1 Å². The van der Waals surface area contributed by atoms with Crippen LogP contribution >= 0.6 is 0 Å². The molecule has 9 heteroatoms. The van der Waals surface area contributed by atoms with Gasteiger partial charge < -0.3 is 10.4 Å². The van der Waals surface area contributed by atoms with E-state index >= 15 is 0 Å². The average molecular weight is 367 g/mol. The van der Waals surface area contributed by atoms with Crippen LogP contribution in [0.3, 0.4) is 0 Å². The van der Waals surface area contributed by atoms with Gasteiger partial charge in [0.1, 0.15) is 11.7 Å². The number of hydrogen-bond acceptors (Lipinski definition) is 6. The Labute approximate surface area is 151 Å². The maximum absolute atomic E-state index is 11.4. The molecule has 0 fully saturated rings. The second-order valence-corrected chi connectivity index (χ2v) is 6.16. The van der Waals surface area contributed by atoms with Gasteiger partial charge in [0, 0.05) is 6.07 Å². The minimum absolute atomic E-state index is 0.0315. The van der Waals surface area contributed by atoms with Crippen LogP contribution in [0.1, 0.15) is 58.3 Å². The molecule has 2 N–H and O–H groups in total. The summed E-state index contributed by atoms with van der Waals surface area (Å²) in [5.74, 6) is -1.11. The molecule has 0 aromatic heterocycles. The molecule has 0 saturated heterocycles. The highest BCUT2D eigenvalue weighted by atomic mass is 16.6. The Morgan fingerprint density at radius 2 is 1.69 bits per heavy atom. The third-order valence-corrected chi connectivity index (χ3v) is 4.11. The van der Waals surface area contributed by atoms with Crippen molar-refractivity contribution in [3.05, 3.63) is 38.4 Å². The lowest BCUT2D eigenvalue weighted by molar-refractivity contribution is -0.393. The van der Waals surface area contributed by atoms with Crippen LogP contribution in [0.2, 0.25) is 0 Å². The molecule has 0 radical (unpaired) electrons. The Balaban J connectivity index is 2.68. The normalized spacial score (nSPS) is 11.7. The van der Waals surface area contributed by atoms with Crippen molar-refractivity contribution in [1.29, 1.82) is 0 Å². The summed E-state index contributed by atoms with van der Waals surface area (Å²) in [4.78, 5) is 31.8. The number of benzene rings is 1. The molecule has 0 aliphatic carbocycles.